The van der Waals surface area contributed by atoms with Crippen LogP contribution in [-0.2, 0) is 4.79 Å². The van der Waals surface area contributed by atoms with Gasteiger partial charge in [0.05, 0.1) is 11.1 Å². The average Bonchev–Trinajstić information content (AvgIpc) is 2.64. The molecule has 3 rings (SSSR count). The normalized spacial score (nSPS) is 23.0. The largest absolute Gasteiger partial charge is 0.354 e. The molecule has 0 spiro atoms. The lowest BCUT2D eigenvalue weighted by Gasteiger charge is -2.28. The van der Waals surface area contributed by atoms with Gasteiger partial charge in [0.1, 0.15) is 6.04 Å². The maximum Gasteiger partial charge on any atom is 0.262 e. The summed E-state index contributed by atoms with van der Waals surface area (Å²) in [5, 5.41) is 2.69. The molecule has 0 radical (unpaired) electrons. The highest BCUT2D eigenvalue weighted by molar-refractivity contribution is 6.22. The van der Waals surface area contributed by atoms with Gasteiger partial charge in [0, 0.05) is 6.54 Å². The third kappa shape index (κ3) is 1.44. The van der Waals surface area contributed by atoms with Crippen LogP contribution in [0.1, 0.15) is 33.6 Å². The molecule has 1 atom stereocenters. The van der Waals surface area contributed by atoms with E-state index in [9.17, 15) is 14.4 Å². The number of imide groups is 1. The smallest absolute Gasteiger partial charge is 0.262 e. The Morgan fingerprint density at radius 1 is 1.06 bits per heavy atom. The second kappa shape index (κ2) is 3.94. The minimum absolute atomic E-state index is 0.240. The second-order valence-electron chi connectivity index (χ2n) is 4.47. The van der Waals surface area contributed by atoms with Crippen molar-refractivity contribution in [3.8, 4) is 0 Å². The fraction of sp³-hybridized carbons (Fsp3) is 0.308. The van der Waals surface area contributed by atoms with Gasteiger partial charge in [-0.15, -0.1) is 0 Å². The minimum Gasteiger partial charge on any atom is -0.354 e. The summed E-state index contributed by atoms with van der Waals surface area (Å²) >= 11 is 0. The summed E-state index contributed by atoms with van der Waals surface area (Å²) in [6.45, 7) is 0.610. The summed E-state index contributed by atoms with van der Waals surface area (Å²) in [6.07, 6.45) is 1.32. The van der Waals surface area contributed by atoms with Gasteiger partial charge in [-0.05, 0) is 25.0 Å². The molecule has 0 aliphatic carbocycles. The van der Waals surface area contributed by atoms with E-state index in [-0.39, 0.29) is 17.7 Å². The number of hydrogen-bond donors (Lipinski definition) is 1. The number of piperidine rings is 1. The second-order valence-corrected chi connectivity index (χ2v) is 4.47. The Morgan fingerprint density at radius 2 is 1.67 bits per heavy atom. The third-order valence-electron chi connectivity index (χ3n) is 3.39. The van der Waals surface area contributed by atoms with Crippen molar-refractivity contribution in [2.45, 2.75) is 18.9 Å². The van der Waals surface area contributed by atoms with Crippen molar-refractivity contribution in [2.75, 3.05) is 6.54 Å². The first kappa shape index (κ1) is 11.0. The molecule has 1 aromatic carbocycles. The first-order chi connectivity index (χ1) is 8.70. The first-order valence-electron chi connectivity index (χ1n) is 5.95. The fourth-order valence-electron chi connectivity index (χ4n) is 2.49. The summed E-state index contributed by atoms with van der Waals surface area (Å²) in [5.41, 5.74) is 0.779. The number of carbonyl (C=O) groups is 3. The van der Waals surface area contributed by atoms with E-state index >= 15 is 0 Å². The maximum absolute atomic E-state index is 12.2. The molecule has 0 unspecified atom stereocenters. The van der Waals surface area contributed by atoms with Gasteiger partial charge in [0.25, 0.3) is 11.8 Å². The van der Waals surface area contributed by atoms with E-state index < -0.39 is 6.04 Å². The molecule has 92 valence electrons. The lowest BCUT2D eigenvalue weighted by molar-refractivity contribution is -0.126. The van der Waals surface area contributed by atoms with Crippen molar-refractivity contribution < 1.29 is 14.4 Å². The van der Waals surface area contributed by atoms with E-state index in [0.717, 1.165) is 11.3 Å². The van der Waals surface area contributed by atoms with Crippen LogP contribution in [0.4, 0.5) is 0 Å². The molecule has 18 heavy (non-hydrogen) atoms. The zero-order chi connectivity index (χ0) is 12.7. The predicted octanol–water partition coefficient (Wildman–Crippen LogP) is 0.561. The molecule has 0 aromatic heterocycles. The summed E-state index contributed by atoms with van der Waals surface area (Å²) in [5.74, 6) is -0.967. The van der Waals surface area contributed by atoms with E-state index in [2.05, 4.69) is 5.32 Å². The van der Waals surface area contributed by atoms with Crippen LogP contribution in [0.3, 0.4) is 0 Å². The number of nitrogens with zero attached hydrogens (tertiary/aromatic N) is 1. The molecule has 0 saturated carbocycles. The zero-order valence-corrected chi connectivity index (χ0v) is 9.68. The molecular weight excluding hydrogens is 232 g/mol. The Morgan fingerprint density at radius 3 is 2.22 bits per heavy atom. The van der Waals surface area contributed by atoms with E-state index in [4.69, 9.17) is 0 Å². The van der Waals surface area contributed by atoms with Gasteiger partial charge in [-0.25, -0.2) is 0 Å². The lowest BCUT2D eigenvalue weighted by atomic mass is 10.1. The average molecular weight is 244 g/mol. The van der Waals surface area contributed by atoms with Crippen LogP contribution in [-0.4, -0.2) is 35.2 Å². The molecule has 3 amide bonds. The van der Waals surface area contributed by atoms with Crippen LogP contribution in [0.2, 0.25) is 0 Å². The van der Waals surface area contributed by atoms with Crippen LogP contribution in [0.25, 0.3) is 0 Å². The molecule has 1 aromatic rings. The quantitative estimate of drug-likeness (QED) is 0.734. The van der Waals surface area contributed by atoms with Crippen LogP contribution >= 0.6 is 0 Å². The summed E-state index contributed by atoms with van der Waals surface area (Å²) < 4.78 is 0. The number of carbonyl (C=O) groups excluding carboxylic acids is 3. The van der Waals surface area contributed by atoms with Gasteiger partial charge >= 0.3 is 0 Å². The lowest BCUT2D eigenvalue weighted by Crippen LogP contribution is -2.52. The third-order valence-corrected chi connectivity index (χ3v) is 3.39. The Bertz CT molecular complexity index is 518. The maximum atomic E-state index is 12.2. The first-order valence-corrected chi connectivity index (χ1v) is 5.95. The molecule has 2 aliphatic rings. The van der Waals surface area contributed by atoms with Crippen molar-refractivity contribution in [3.63, 3.8) is 0 Å². The van der Waals surface area contributed by atoms with Gasteiger partial charge in [-0.3, -0.25) is 19.3 Å². The Balaban J connectivity index is 1.99. The monoisotopic (exact) mass is 244 g/mol. The van der Waals surface area contributed by atoms with Crippen molar-refractivity contribution >= 4 is 17.7 Å². The van der Waals surface area contributed by atoms with Crippen LogP contribution in [0.15, 0.2) is 24.3 Å². The highest BCUT2D eigenvalue weighted by Crippen LogP contribution is 2.26. The molecule has 5 heteroatoms. The van der Waals surface area contributed by atoms with Crippen LogP contribution in [0, 0.1) is 0 Å². The molecule has 0 bridgehead atoms. The highest BCUT2D eigenvalue weighted by Gasteiger charge is 2.43. The molecule has 1 saturated heterocycles. The van der Waals surface area contributed by atoms with Crippen molar-refractivity contribution in [3.05, 3.63) is 35.4 Å². The summed E-state index contributed by atoms with van der Waals surface area (Å²) in [6, 6.07) is 6.02. The Kier molecular flexibility index (Phi) is 2.40. The topological polar surface area (TPSA) is 66.5 Å². The fourth-order valence-corrected chi connectivity index (χ4v) is 2.49. The van der Waals surface area contributed by atoms with Crippen molar-refractivity contribution in [1.82, 2.24) is 10.2 Å². The number of nitrogens with one attached hydrogen (secondary N) is 1. The van der Waals surface area contributed by atoms with Gasteiger partial charge in [-0.1, -0.05) is 12.1 Å². The molecular formula is C13H12N2O3. The standard InChI is InChI=1S/C13H12N2O3/c16-11-10(6-3-7-14-11)15-12(17)8-4-1-2-5-9(8)13(15)18/h1-2,4-5,10H,3,6-7H2,(H,14,16)/t10-/m1/s1. The van der Waals surface area contributed by atoms with Crippen molar-refractivity contribution in [2.24, 2.45) is 0 Å². The Labute approximate surface area is 104 Å². The number of benzene rings is 1. The van der Waals surface area contributed by atoms with Crippen LogP contribution < -0.4 is 5.32 Å². The predicted molar refractivity (Wildman–Crippen MR) is 63.0 cm³/mol. The molecule has 1 N–H and O–H groups in total. The molecule has 5 nitrogen and oxygen atoms in total. The van der Waals surface area contributed by atoms with Crippen molar-refractivity contribution in [1.29, 1.82) is 0 Å². The van der Waals surface area contributed by atoms with E-state index in [0.29, 0.717) is 24.1 Å². The van der Waals surface area contributed by atoms with Gasteiger partial charge in [0.2, 0.25) is 5.91 Å². The van der Waals surface area contributed by atoms with E-state index in [1.165, 1.54) is 0 Å². The Hall–Kier alpha value is -2.17. The molecule has 1 fully saturated rings. The number of hydrogen-bond acceptors (Lipinski definition) is 3. The molecule has 2 aliphatic heterocycles. The van der Waals surface area contributed by atoms with E-state index in [1.54, 1.807) is 24.3 Å². The number of fused-ring (bicyclic) bond motifs is 1. The summed E-state index contributed by atoms with van der Waals surface area (Å²) in [4.78, 5) is 37.2. The van der Waals surface area contributed by atoms with Gasteiger partial charge < -0.3 is 5.32 Å². The van der Waals surface area contributed by atoms with Gasteiger partial charge in [0.15, 0.2) is 0 Å². The van der Waals surface area contributed by atoms with E-state index in [1.807, 2.05) is 0 Å². The SMILES string of the molecule is O=C1NCCC[C@H]1N1C(=O)c2ccccc2C1=O. The zero-order valence-electron chi connectivity index (χ0n) is 9.68. The highest BCUT2D eigenvalue weighted by atomic mass is 16.2. The number of rotatable bonds is 1. The van der Waals surface area contributed by atoms with Gasteiger partial charge in [-0.2, -0.15) is 0 Å². The summed E-state index contributed by atoms with van der Waals surface area (Å²) in [7, 11) is 0. The molecule has 2 heterocycles. The minimum atomic E-state index is -0.661. The number of amides is 3. The van der Waals surface area contributed by atoms with Crippen LogP contribution in [0.5, 0.6) is 0 Å².